The molecule has 0 saturated heterocycles. The zero-order chi connectivity index (χ0) is 18.8. The van der Waals surface area contributed by atoms with Gasteiger partial charge in [-0.05, 0) is 19.1 Å². The minimum atomic E-state index is -0.724. The highest BCUT2D eigenvalue weighted by Gasteiger charge is 2.19. The lowest BCUT2D eigenvalue weighted by Gasteiger charge is -2.18. The number of hydrogen-bond donors (Lipinski definition) is 1. The van der Waals surface area contributed by atoms with Gasteiger partial charge in [-0.15, -0.1) is 0 Å². The lowest BCUT2D eigenvalue weighted by Crippen LogP contribution is -2.31. The molecule has 4 rings (SSSR count). The van der Waals surface area contributed by atoms with Crippen molar-refractivity contribution >= 4 is 34.2 Å². The number of benzene rings is 2. The Morgan fingerprint density at radius 3 is 2.93 bits per heavy atom. The summed E-state index contributed by atoms with van der Waals surface area (Å²) in [5.41, 5.74) is 1.86. The summed E-state index contributed by atoms with van der Waals surface area (Å²) in [7, 11) is 0. The standard InChI is InChI=1S/C20H18ClN3O3/c1-12(27-18-7-6-16(21)14-4-2-3-5-15(14)18)19(25)24-20-22-10-13-11-26-9-8-17(13)23-20/h2-7,10,12H,8-9,11H2,1H3,(H,22,23,24,25)/t12-/m0/s1. The number of hydrogen-bond acceptors (Lipinski definition) is 5. The zero-order valence-electron chi connectivity index (χ0n) is 14.7. The van der Waals surface area contributed by atoms with Crippen molar-refractivity contribution in [1.29, 1.82) is 0 Å². The number of rotatable bonds is 4. The summed E-state index contributed by atoms with van der Waals surface area (Å²) in [6, 6.07) is 11.2. The van der Waals surface area contributed by atoms with Crippen LogP contribution in [0.2, 0.25) is 5.02 Å². The Bertz CT molecular complexity index is 1010. The van der Waals surface area contributed by atoms with Gasteiger partial charge in [0.25, 0.3) is 5.91 Å². The van der Waals surface area contributed by atoms with Crippen LogP contribution in [0.5, 0.6) is 5.75 Å². The molecule has 2 heterocycles. The molecule has 3 aromatic rings. The summed E-state index contributed by atoms with van der Waals surface area (Å²) in [5.74, 6) is 0.555. The summed E-state index contributed by atoms with van der Waals surface area (Å²) >= 11 is 6.23. The molecule has 138 valence electrons. The SMILES string of the molecule is C[C@H](Oc1ccc(Cl)c2ccccc12)C(=O)Nc1ncc2c(n1)CCOC2. The molecule has 2 aromatic carbocycles. The third-order valence-corrected chi connectivity index (χ3v) is 4.76. The van der Waals surface area contributed by atoms with Crippen LogP contribution < -0.4 is 10.1 Å². The number of aromatic nitrogens is 2. The van der Waals surface area contributed by atoms with Gasteiger partial charge in [-0.25, -0.2) is 9.97 Å². The molecule has 0 radical (unpaired) electrons. The molecule has 0 aliphatic carbocycles. The van der Waals surface area contributed by atoms with Crippen molar-refractivity contribution in [3.05, 3.63) is 58.9 Å². The third kappa shape index (κ3) is 3.72. The molecule has 1 amide bonds. The maximum Gasteiger partial charge on any atom is 0.267 e. The molecular formula is C20H18ClN3O3. The summed E-state index contributed by atoms with van der Waals surface area (Å²) in [6.45, 7) is 2.82. The average Bonchev–Trinajstić information content (AvgIpc) is 2.70. The van der Waals surface area contributed by atoms with Gasteiger partial charge in [-0.1, -0.05) is 35.9 Å². The average molecular weight is 384 g/mol. The first-order chi connectivity index (χ1) is 13.1. The van der Waals surface area contributed by atoms with Gasteiger partial charge in [0.1, 0.15) is 5.75 Å². The van der Waals surface area contributed by atoms with Crippen LogP contribution in [0.15, 0.2) is 42.6 Å². The van der Waals surface area contributed by atoms with E-state index in [1.807, 2.05) is 24.3 Å². The van der Waals surface area contributed by atoms with Crippen LogP contribution in [0.1, 0.15) is 18.2 Å². The molecule has 27 heavy (non-hydrogen) atoms. The predicted octanol–water partition coefficient (Wildman–Crippen LogP) is 3.76. The van der Waals surface area contributed by atoms with Gasteiger partial charge in [-0.2, -0.15) is 0 Å². The van der Waals surface area contributed by atoms with Gasteiger partial charge in [-0.3, -0.25) is 10.1 Å². The van der Waals surface area contributed by atoms with E-state index in [4.69, 9.17) is 21.1 Å². The first-order valence-corrected chi connectivity index (χ1v) is 9.07. The second kappa shape index (κ2) is 7.50. The number of halogens is 1. The van der Waals surface area contributed by atoms with Crippen LogP contribution in [-0.2, 0) is 22.6 Å². The van der Waals surface area contributed by atoms with E-state index in [0.717, 1.165) is 22.0 Å². The Balaban J connectivity index is 1.49. The monoisotopic (exact) mass is 383 g/mol. The third-order valence-electron chi connectivity index (χ3n) is 4.43. The van der Waals surface area contributed by atoms with Crippen LogP contribution >= 0.6 is 11.6 Å². The summed E-state index contributed by atoms with van der Waals surface area (Å²) in [6.07, 6.45) is 1.68. The predicted molar refractivity (Wildman–Crippen MR) is 103 cm³/mol. The summed E-state index contributed by atoms with van der Waals surface area (Å²) in [5, 5.41) is 5.09. The summed E-state index contributed by atoms with van der Waals surface area (Å²) < 4.78 is 11.3. The number of carbonyl (C=O) groups excluding carboxylic acids is 1. The number of amides is 1. The molecule has 0 saturated carbocycles. The smallest absolute Gasteiger partial charge is 0.267 e. The topological polar surface area (TPSA) is 73.3 Å². The maximum atomic E-state index is 12.5. The van der Waals surface area contributed by atoms with E-state index in [1.54, 1.807) is 25.3 Å². The molecule has 0 spiro atoms. The molecule has 0 unspecified atom stereocenters. The van der Waals surface area contributed by atoms with Gasteiger partial charge in [0.05, 0.1) is 18.9 Å². The van der Waals surface area contributed by atoms with E-state index >= 15 is 0 Å². The van der Waals surface area contributed by atoms with Crippen LogP contribution in [-0.4, -0.2) is 28.6 Å². The van der Waals surface area contributed by atoms with E-state index in [1.165, 1.54) is 0 Å². The molecular weight excluding hydrogens is 366 g/mol. The fourth-order valence-corrected chi connectivity index (χ4v) is 3.21. The van der Waals surface area contributed by atoms with Gasteiger partial charge in [0, 0.05) is 34.0 Å². The van der Waals surface area contributed by atoms with Crippen molar-refractivity contribution in [3.63, 3.8) is 0 Å². The van der Waals surface area contributed by atoms with Crippen molar-refractivity contribution in [1.82, 2.24) is 9.97 Å². The minimum absolute atomic E-state index is 0.275. The van der Waals surface area contributed by atoms with Crippen LogP contribution in [0.3, 0.4) is 0 Å². The van der Waals surface area contributed by atoms with Gasteiger partial charge >= 0.3 is 0 Å². The largest absolute Gasteiger partial charge is 0.480 e. The molecule has 1 N–H and O–H groups in total. The molecule has 0 bridgehead atoms. The van der Waals surface area contributed by atoms with Crippen molar-refractivity contribution in [2.75, 3.05) is 11.9 Å². The Morgan fingerprint density at radius 2 is 2.07 bits per heavy atom. The fraction of sp³-hybridized carbons (Fsp3) is 0.250. The molecule has 1 atom stereocenters. The second-order valence-corrected chi connectivity index (χ2v) is 6.72. The first kappa shape index (κ1) is 17.7. The molecule has 0 fully saturated rings. The molecule has 1 aliphatic heterocycles. The molecule has 1 aromatic heterocycles. The Labute approximate surface area is 161 Å². The number of fused-ring (bicyclic) bond motifs is 2. The van der Waals surface area contributed by atoms with Gasteiger partial charge in [0.15, 0.2) is 6.10 Å². The van der Waals surface area contributed by atoms with Gasteiger partial charge in [0.2, 0.25) is 5.95 Å². The van der Waals surface area contributed by atoms with E-state index in [-0.39, 0.29) is 11.9 Å². The number of nitrogens with one attached hydrogen (secondary N) is 1. The minimum Gasteiger partial charge on any atom is -0.480 e. The summed E-state index contributed by atoms with van der Waals surface area (Å²) in [4.78, 5) is 21.1. The van der Waals surface area contributed by atoms with Crippen molar-refractivity contribution in [3.8, 4) is 5.75 Å². The highest BCUT2D eigenvalue weighted by atomic mass is 35.5. The van der Waals surface area contributed by atoms with Crippen molar-refractivity contribution in [2.24, 2.45) is 0 Å². The van der Waals surface area contributed by atoms with E-state index in [2.05, 4.69) is 15.3 Å². The van der Waals surface area contributed by atoms with Crippen LogP contribution in [0.25, 0.3) is 10.8 Å². The van der Waals surface area contributed by atoms with Gasteiger partial charge < -0.3 is 9.47 Å². The molecule has 6 nitrogen and oxygen atoms in total. The lowest BCUT2D eigenvalue weighted by molar-refractivity contribution is -0.122. The molecule has 1 aliphatic rings. The van der Waals surface area contributed by atoms with E-state index in [0.29, 0.717) is 30.4 Å². The Morgan fingerprint density at radius 1 is 1.26 bits per heavy atom. The van der Waals surface area contributed by atoms with E-state index < -0.39 is 6.10 Å². The van der Waals surface area contributed by atoms with Crippen molar-refractivity contribution in [2.45, 2.75) is 26.1 Å². The maximum absolute atomic E-state index is 12.5. The number of nitrogens with zero attached hydrogens (tertiary/aromatic N) is 2. The lowest BCUT2D eigenvalue weighted by atomic mass is 10.1. The molecule has 7 heteroatoms. The normalized spacial score (nSPS) is 14.4. The number of anilines is 1. The second-order valence-electron chi connectivity index (χ2n) is 6.31. The number of carbonyl (C=O) groups is 1. The Hall–Kier alpha value is -2.70. The van der Waals surface area contributed by atoms with Crippen molar-refractivity contribution < 1.29 is 14.3 Å². The zero-order valence-corrected chi connectivity index (χ0v) is 15.5. The quantitative estimate of drug-likeness (QED) is 0.742. The van der Waals surface area contributed by atoms with Crippen LogP contribution in [0.4, 0.5) is 5.95 Å². The van der Waals surface area contributed by atoms with E-state index in [9.17, 15) is 4.79 Å². The fourth-order valence-electron chi connectivity index (χ4n) is 2.98. The number of ether oxygens (including phenoxy) is 2. The first-order valence-electron chi connectivity index (χ1n) is 8.69. The highest BCUT2D eigenvalue weighted by Crippen LogP contribution is 2.31. The van der Waals surface area contributed by atoms with Crippen LogP contribution in [0, 0.1) is 0 Å². The Kier molecular flexibility index (Phi) is 4.92. The highest BCUT2D eigenvalue weighted by molar-refractivity contribution is 6.35.